The number of piperidine rings is 1. The van der Waals surface area contributed by atoms with Crippen molar-refractivity contribution in [2.45, 2.75) is 70.4 Å². The summed E-state index contributed by atoms with van der Waals surface area (Å²) >= 11 is 0. The first-order valence-electron chi connectivity index (χ1n) is 10.1. The molecule has 0 saturated carbocycles. The summed E-state index contributed by atoms with van der Waals surface area (Å²) in [6.07, 6.45) is 5.67. The summed E-state index contributed by atoms with van der Waals surface area (Å²) in [6, 6.07) is 9.60. The molecule has 1 fully saturated rings. The van der Waals surface area contributed by atoms with E-state index in [2.05, 4.69) is 55.0 Å². The fourth-order valence-electron chi connectivity index (χ4n) is 4.45. The maximum absolute atomic E-state index is 6.56. The van der Waals surface area contributed by atoms with E-state index < -0.39 is 0 Å². The zero-order chi connectivity index (χ0) is 18.3. The summed E-state index contributed by atoms with van der Waals surface area (Å²) < 4.78 is 2.34. The second-order valence-electron chi connectivity index (χ2n) is 8.96. The van der Waals surface area contributed by atoms with Crippen LogP contribution in [0.5, 0.6) is 0 Å². The molecule has 2 aliphatic rings. The highest BCUT2D eigenvalue weighted by molar-refractivity contribution is 5.66. The summed E-state index contributed by atoms with van der Waals surface area (Å²) in [6.45, 7) is 8.94. The van der Waals surface area contributed by atoms with Gasteiger partial charge in [-0.05, 0) is 56.2 Å². The molecule has 1 aliphatic heterocycles. The molecule has 0 spiro atoms. The third kappa shape index (κ3) is 3.21. The lowest BCUT2D eigenvalue weighted by molar-refractivity contribution is 0.332. The number of aromatic nitrogens is 2. The average molecular weight is 353 g/mol. The Morgan fingerprint density at radius 2 is 1.77 bits per heavy atom. The van der Waals surface area contributed by atoms with Crippen LogP contribution >= 0.6 is 0 Å². The molecular formula is C22H32N4. The predicted molar refractivity (Wildman–Crippen MR) is 107 cm³/mol. The molecule has 1 aromatic carbocycles. The van der Waals surface area contributed by atoms with Crippen molar-refractivity contribution in [3.63, 3.8) is 0 Å². The molecule has 2 heterocycles. The lowest BCUT2D eigenvalue weighted by Gasteiger charge is -2.27. The summed E-state index contributed by atoms with van der Waals surface area (Å²) in [7, 11) is 0. The van der Waals surface area contributed by atoms with Gasteiger partial charge in [-0.1, -0.05) is 45.0 Å². The van der Waals surface area contributed by atoms with Crippen molar-refractivity contribution < 1.29 is 0 Å². The quantitative estimate of drug-likeness (QED) is 0.855. The SMILES string of the molecule is CC(C)(C)c1ccc(-c2nn(C3CCNCC3)c3c2C(N)CCC3)cc1. The number of fused-ring (bicyclic) bond motifs is 1. The van der Waals surface area contributed by atoms with E-state index in [1.165, 1.54) is 28.8 Å². The van der Waals surface area contributed by atoms with Gasteiger partial charge < -0.3 is 11.1 Å². The monoisotopic (exact) mass is 352 g/mol. The molecule has 1 aromatic heterocycles. The zero-order valence-electron chi connectivity index (χ0n) is 16.4. The Hall–Kier alpha value is -1.65. The Morgan fingerprint density at radius 3 is 2.42 bits per heavy atom. The molecule has 140 valence electrons. The molecule has 4 rings (SSSR count). The molecular weight excluding hydrogens is 320 g/mol. The van der Waals surface area contributed by atoms with Gasteiger partial charge in [0.2, 0.25) is 0 Å². The molecule has 0 bridgehead atoms. The lowest BCUT2D eigenvalue weighted by atomic mass is 9.85. The van der Waals surface area contributed by atoms with Crippen LogP contribution in [0.15, 0.2) is 24.3 Å². The molecule has 1 saturated heterocycles. The van der Waals surface area contributed by atoms with Gasteiger partial charge in [0.25, 0.3) is 0 Å². The van der Waals surface area contributed by atoms with Gasteiger partial charge in [0.05, 0.1) is 11.7 Å². The molecule has 2 aromatic rings. The van der Waals surface area contributed by atoms with E-state index in [9.17, 15) is 0 Å². The van der Waals surface area contributed by atoms with Crippen LogP contribution in [0.1, 0.15) is 75.4 Å². The normalized spacial score (nSPS) is 21.6. The highest BCUT2D eigenvalue weighted by atomic mass is 15.3. The van der Waals surface area contributed by atoms with Crippen LogP contribution in [0.2, 0.25) is 0 Å². The number of benzene rings is 1. The van der Waals surface area contributed by atoms with E-state index in [0.717, 1.165) is 44.5 Å². The first-order chi connectivity index (χ1) is 12.4. The first kappa shape index (κ1) is 17.7. The number of nitrogens with two attached hydrogens (primary N) is 1. The van der Waals surface area contributed by atoms with Gasteiger partial charge in [-0.2, -0.15) is 5.10 Å². The van der Waals surface area contributed by atoms with Gasteiger partial charge in [-0.25, -0.2) is 0 Å². The van der Waals surface area contributed by atoms with Crippen LogP contribution in [0.4, 0.5) is 0 Å². The van der Waals surface area contributed by atoms with Crippen LogP contribution in [-0.4, -0.2) is 22.9 Å². The summed E-state index contributed by atoms with van der Waals surface area (Å²) in [5.74, 6) is 0. The second kappa shape index (κ2) is 6.82. The Balaban J connectivity index is 1.77. The number of nitrogens with one attached hydrogen (secondary N) is 1. The van der Waals surface area contributed by atoms with Crippen molar-refractivity contribution >= 4 is 0 Å². The van der Waals surface area contributed by atoms with E-state index >= 15 is 0 Å². The highest BCUT2D eigenvalue weighted by Gasteiger charge is 2.30. The Morgan fingerprint density at radius 1 is 1.08 bits per heavy atom. The topological polar surface area (TPSA) is 55.9 Å². The third-order valence-corrected chi connectivity index (χ3v) is 6.03. The van der Waals surface area contributed by atoms with Crippen molar-refractivity contribution in [2.75, 3.05) is 13.1 Å². The number of hydrogen-bond donors (Lipinski definition) is 2. The van der Waals surface area contributed by atoms with E-state index in [0.29, 0.717) is 6.04 Å². The van der Waals surface area contributed by atoms with Gasteiger partial charge in [0.15, 0.2) is 0 Å². The molecule has 1 aliphatic carbocycles. The number of hydrogen-bond acceptors (Lipinski definition) is 3. The Bertz CT molecular complexity index is 761. The van der Waals surface area contributed by atoms with Crippen molar-refractivity contribution in [1.82, 2.24) is 15.1 Å². The van der Waals surface area contributed by atoms with Gasteiger partial charge >= 0.3 is 0 Å². The van der Waals surface area contributed by atoms with Crippen LogP contribution in [0.25, 0.3) is 11.3 Å². The molecule has 0 amide bonds. The molecule has 1 unspecified atom stereocenters. The highest BCUT2D eigenvalue weighted by Crippen LogP contribution is 2.38. The minimum Gasteiger partial charge on any atom is -0.324 e. The summed E-state index contributed by atoms with van der Waals surface area (Å²) in [5.41, 5.74) is 13.1. The van der Waals surface area contributed by atoms with E-state index in [1.54, 1.807) is 0 Å². The fraction of sp³-hybridized carbons (Fsp3) is 0.591. The van der Waals surface area contributed by atoms with Gasteiger partial charge in [0.1, 0.15) is 0 Å². The first-order valence-corrected chi connectivity index (χ1v) is 10.1. The fourth-order valence-corrected chi connectivity index (χ4v) is 4.45. The number of nitrogens with zero attached hydrogens (tertiary/aromatic N) is 2. The minimum absolute atomic E-state index is 0.117. The minimum atomic E-state index is 0.117. The number of rotatable bonds is 2. The van der Waals surface area contributed by atoms with E-state index in [-0.39, 0.29) is 11.5 Å². The third-order valence-electron chi connectivity index (χ3n) is 6.03. The van der Waals surface area contributed by atoms with Crippen molar-refractivity contribution in [3.05, 3.63) is 41.1 Å². The second-order valence-corrected chi connectivity index (χ2v) is 8.96. The van der Waals surface area contributed by atoms with Crippen molar-refractivity contribution in [3.8, 4) is 11.3 Å². The predicted octanol–water partition coefficient (Wildman–Crippen LogP) is 4.11. The lowest BCUT2D eigenvalue weighted by Crippen LogP contribution is -2.31. The maximum Gasteiger partial charge on any atom is 0.0973 e. The largest absolute Gasteiger partial charge is 0.324 e. The van der Waals surface area contributed by atoms with Crippen LogP contribution < -0.4 is 11.1 Å². The maximum atomic E-state index is 6.56. The molecule has 26 heavy (non-hydrogen) atoms. The van der Waals surface area contributed by atoms with E-state index in [1.807, 2.05) is 0 Å². The van der Waals surface area contributed by atoms with Gasteiger partial charge in [0, 0.05) is 22.9 Å². The van der Waals surface area contributed by atoms with Crippen LogP contribution in [0.3, 0.4) is 0 Å². The molecule has 3 N–H and O–H groups in total. The smallest absolute Gasteiger partial charge is 0.0973 e. The molecule has 1 atom stereocenters. The standard InChI is InChI=1S/C22H32N4/c1-22(2,3)16-9-7-15(8-10-16)21-20-18(23)5-4-6-19(20)26(25-21)17-11-13-24-14-12-17/h7-10,17-18,24H,4-6,11-14,23H2,1-3H3. The Kier molecular flexibility index (Phi) is 4.66. The molecule has 0 radical (unpaired) electrons. The summed E-state index contributed by atoms with van der Waals surface area (Å²) in [4.78, 5) is 0. The van der Waals surface area contributed by atoms with Crippen molar-refractivity contribution in [2.24, 2.45) is 5.73 Å². The van der Waals surface area contributed by atoms with Gasteiger partial charge in [-0.3, -0.25) is 4.68 Å². The van der Waals surface area contributed by atoms with Crippen molar-refractivity contribution in [1.29, 1.82) is 0 Å². The van der Waals surface area contributed by atoms with E-state index in [4.69, 9.17) is 10.8 Å². The summed E-state index contributed by atoms with van der Waals surface area (Å²) in [5, 5.41) is 8.60. The molecule has 4 nitrogen and oxygen atoms in total. The Labute approximate surface area is 157 Å². The average Bonchev–Trinajstić information content (AvgIpc) is 3.03. The molecule has 4 heteroatoms. The van der Waals surface area contributed by atoms with Crippen LogP contribution in [-0.2, 0) is 11.8 Å². The van der Waals surface area contributed by atoms with Gasteiger partial charge in [-0.15, -0.1) is 0 Å². The van der Waals surface area contributed by atoms with Crippen LogP contribution in [0, 0.1) is 0 Å². The zero-order valence-corrected chi connectivity index (χ0v) is 16.4.